The van der Waals surface area contributed by atoms with Crippen LogP contribution in [0, 0.1) is 0 Å². The van der Waals surface area contributed by atoms with Gasteiger partial charge in [-0.05, 0) is 35.4 Å². The highest BCUT2D eigenvalue weighted by molar-refractivity contribution is 8.00. The molecule has 1 heterocycles. The van der Waals surface area contributed by atoms with E-state index in [0.29, 0.717) is 23.5 Å². The number of thioether (sulfide) groups is 1. The molecule has 156 valence electrons. The van der Waals surface area contributed by atoms with Crippen LogP contribution in [0.4, 0.5) is 5.69 Å². The van der Waals surface area contributed by atoms with Crippen molar-refractivity contribution in [3.63, 3.8) is 0 Å². The number of carbonyl (C=O) groups is 3. The highest BCUT2D eigenvalue weighted by Gasteiger charge is 2.32. The summed E-state index contributed by atoms with van der Waals surface area (Å²) in [6.45, 7) is 0.545. The molecule has 0 aliphatic carbocycles. The van der Waals surface area contributed by atoms with E-state index in [-0.39, 0.29) is 22.8 Å². The van der Waals surface area contributed by atoms with Crippen LogP contribution in [0.1, 0.15) is 37.2 Å². The largest absolute Gasteiger partial charge is 0.366 e. The monoisotopic (exact) mass is 431 g/mol. The first-order valence-electron chi connectivity index (χ1n) is 9.78. The zero-order valence-corrected chi connectivity index (χ0v) is 17.5. The van der Waals surface area contributed by atoms with Gasteiger partial charge in [0.15, 0.2) is 0 Å². The van der Waals surface area contributed by atoms with Crippen molar-refractivity contribution in [2.45, 2.75) is 11.9 Å². The standard InChI is InChI=1S/C24H21N3O3S/c25-22(29)19-8-4-5-9-20(19)26-23(30)17-10-12-18(13-11-17)24-27(21(28)15-31-24)14-16-6-2-1-3-7-16/h1-13,24H,14-15H2,(H2,25,29)(H,26,30)/t24-/m1/s1. The Labute approximate surface area is 184 Å². The number of anilines is 1. The van der Waals surface area contributed by atoms with Crippen LogP contribution in [-0.2, 0) is 11.3 Å². The molecule has 31 heavy (non-hydrogen) atoms. The molecule has 7 heteroatoms. The van der Waals surface area contributed by atoms with Crippen molar-refractivity contribution in [1.82, 2.24) is 4.90 Å². The van der Waals surface area contributed by atoms with Crippen LogP contribution >= 0.6 is 11.8 Å². The smallest absolute Gasteiger partial charge is 0.255 e. The lowest BCUT2D eigenvalue weighted by Gasteiger charge is -2.24. The number of nitrogens with zero attached hydrogens (tertiary/aromatic N) is 1. The Morgan fingerprint density at radius 2 is 1.65 bits per heavy atom. The molecule has 4 rings (SSSR count). The molecule has 3 amide bonds. The molecular weight excluding hydrogens is 410 g/mol. The van der Waals surface area contributed by atoms with Crippen LogP contribution < -0.4 is 11.1 Å². The normalized spacial score (nSPS) is 15.7. The summed E-state index contributed by atoms with van der Waals surface area (Å²) in [6, 6.07) is 23.7. The molecule has 0 radical (unpaired) electrons. The molecule has 1 aliphatic rings. The van der Waals surface area contributed by atoms with Crippen molar-refractivity contribution in [2.75, 3.05) is 11.1 Å². The lowest BCUT2D eigenvalue weighted by Crippen LogP contribution is -2.27. The summed E-state index contributed by atoms with van der Waals surface area (Å²) in [4.78, 5) is 38.5. The number of primary amides is 1. The quantitative estimate of drug-likeness (QED) is 0.621. The van der Waals surface area contributed by atoms with Crippen molar-refractivity contribution in [1.29, 1.82) is 0 Å². The molecule has 0 bridgehead atoms. The lowest BCUT2D eigenvalue weighted by molar-refractivity contribution is -0.128. The predicted octanol–water partition coefficient (Wildman–Crippen LogP) is 3.81. The number of nitrogens with two attached hydrogens (primary N) is 1. The van der Waals surface area contributed by atoms with Gasteiger partial charge in [-0.1, -0.05) is 54.6 Å². The molecule has 6 nitrogen and oxygen atoms in total. The average Bonchev–Trinajstić information content (AvgIpc) is 3.15. The number of hydrogen-bond donors (Lipinski definition) is 2. The summed E-state index contributed by atoms with van der Waals surface area (Å²) in [7, 11) is 0. The minimum Gasteiger partial charge on any atom is -0.366 e. The molecule has 3 N–H and O–H groups in total. The second-order valence-electron chi connectivity index (χ2n) is 7.16. The van der Waals surface area contributed by atoms with Gasteiger partial charge in [-0.2, -0.15) is 0 Å². The molecule has 1 aliphatic heterocycles. The van der Waals surface area contributed by atoms with Gasteiger partial charge in [0.1, 0.15) is 5.37 Å². The Hall–Kier alpha value is -3.58. The first-order valence-corrected chi connectivity index (χ1v) is 10.8. The summed E-state index contributed by atoms with van der Waals surface area (Å²) in [5.41, 5.74) is 8.48. The minimum absolute atomic E-state index is 0.0968. The van der Waals surface area contributed by atoms with E-state index >= 15 is 0 Å². The van der Waals surface area contributed by atoms with Gasteiger partial charge < -0.3 is 16.0 Å². The van der Waals surface area contributed by atoms with E-state index in [2.05, 4.69) is 5.32 Å². The second-order valence-corrected chi connectivity index (χ2v) is 8.23. The second kappa shape index (κ2) is 9.06. The number of amides is 3. The maximum atomic E-state index is 12.6. The molecule has 3 aromatic carbocycles. The Morgan fingerprint density at radius 3 is 2.35 bits per heavy atom. The third-order valence-electron chi connectivity index (χ3n) is 5.06. The Morgan fingerprint density at radius 1 is 0.968 bits per heavy atom. The SMILES string of the molecule is NC(=O)c1ccccc1NC(=O)c1ccc([C@H]2SCC(=O)N2Cc2ccccc2)cc1. The minimum atomic E-state index is -0.604. The Bertz CT molecular complexity index is 1120. The van der Waals surface area contributed by atoms with Crippen LogP contribution in [0.3, 0.4) is 0 Å². The lowest BCUT2D eigenvalue weighted by atomic mass is 10.1. The number of hydrogen-bond acceptors (Lipinski definition) is 4. The molecule has 3 aromatic rings. The van der Waals surface area contributed by atoms with Crippen molar-refractivity contribution in [3.8, 4) is 0 Å². The van der Waals surface area contributed by atoms with E-state index in [9.17, 15) is 14.4 Å². The molecular formula is C24H21N3O3S. The van der Waals surface area contributed by atoms with Gasteiger partial charge in [0.2, 0.25) is 5.91 Å². The molecule has 1 fully saturated rings. The van der Waals surface area contributed by atoms with Gasteiger partial charge >= 0.3 is 0 Å². The number of benzene rings is 3. The third-order valence-corrected chi connectivity index (χ3v) is 6.32. The third kappa shape index (κ3) is 4.62. The summed E-state index contributed by atoms with van der Waals surface area (Å²) < 4.78 is 0. The van der Waals surface area contributed by atoms with E-state index in [4.69, 9.17) is 5.73 Å². The Balaban J connectivity index is 1.49. The van der Waals surface area contributed by atoms with Crippen molar-refractivity contribution < 1.29 is 14.4 Å². The van der Waals surface area contributed by atoms with Crippen molar-refractivity contribution in [2.24, 2.45) is 5.73 Å². The summed E-state index contributed by atoms with van der Waals surface area (Å²) >= 11 is 1.58. The van der Waals surface area contributed by atoms with Crippen LogP contribution in [0.25, 0.3) is 0 Å². The van der Waals surface area contributed by atoms with Gasteiger partial charge in [0.25, 0.3) is 11.8 Å². The maximum absolute atomic E-state index is 12.6. The van der Waals surface area contributed by atoms with Gasteiger partial charge in [-0.15, -0.1) is 11.8 Å². The van der Waals surface area contributed by atoms with E-state index in [1.54, 1.807) is 48.2 Å². The zero-order chi connectivity index (χ0) is 21.8. The number of carbonyl (C=O) groups excluding carboxylic acids is 3. The fourth-order valence-electron chi connectivity index (χ4n) is 3.48. The van der Waals surface area contributed by atoms with E-state index in [1.807, 2.05) is 47.4 Å². The molecule has 0 saturated carbocycles. The Kier molecular flexibility index (Phi) is 6.04. The topological polar surface area (TPSA) is 92.5 Å². The summed E-state index contributed by atoms with van der Waals surface area (Å²) in [5.74, 6) is -0.406. The molecule has 1 atom stereocenters. The molecule has 0 spiro atoms. The zero-order valence-electron chi connectivity index (χ0n) is 16.7. The van der Waals surface area contributed by atoms with Crippen LogP contribution in [0.2, 0.25) is 0 Å². The first kappa shape index (κ1) is 20.7. The summed E-state index contributed by atoms with van der Waals surface area (Å²) in [5, 5.41) is 2.64. The van der Waals surface area contributed by atoms with E-state index < -0.39 is 5.91 Å². The van der Waals surface area contributed by atoms with E-state index in [0.717, 1.165) is 11.1 Å². The average molecular weight is 432 g/mol. The highest BCUT2D eigenvalue weighted by Crippen LogP contribution is 2.39. The highest BCUT2D eigenvalue weighted by atomic mass is 32.2. The first-order chi connectivity index (χ1) is 15.0. The number of para-hydroxylation sites is 1. The van der Waals surface area contributed by atoms with Gasteiger partial charge in [-0.25, -0.2) is 0 Å². The van der Waals surface area contributed by atoms with Crippen molar-refractivity contribution in [3.05, 3.63) is 101 Å². The van der Waals surface area contributed by atoms with Gasteiger partial charge in [-0.3, -0.25) is 14.4 Å². The number of nitrogens with one attached hydrogen (secondary N) is 1. The van der Waals surface area contributed by atoms with Gasteiger partial charge in [0.05, 0.1) is 17.0 Å². The molecule has 0 aromatic heterocycles. The van der Waals surface area contributed by atoms with Crippen LogP contribution in [0.15, 0.2) is 78.9 Å². The number of rotatable bonds is 6. The maximum Gasteiger partial charge on any atom is 0.255 e. The summed E-state index contributed by atoms with van der Waals surface area (Å²) in [6.07, 6.45) is 0. The fraction of sp³-hybridized carbons (Fsp3) is 0.125. The molecule has 1 saturated heterocycles. The predicted molar refractivity (Wildman–Crippen MR) is 122 cm³/mol. The van der Waals surface area contributed by atoms with Crippen LogP contribution in [0.5, 0.6) is 0 Å². The molecule has 0 unspecified atom stereocenters. The van der Waals surface area contributed by atoms with Gasteiger partial charge in [0, 0.05) is 12.1 Å². The van der Waals surface area contributed by atoms with Crippen molar-refractivity contribution >= 4 is 35.2 Å². The van der Waals surface area contributed by atoms with Crippen LogP contribution in [-0.4, -0.2) is 28.4 Å². The van der Waals surface area contributed by atoms with E-state index in [1.165, 1.54) is 0 Å². The fourth-order valence-corrected chi connectivity index (χ4v) is 4.67.